The molecule has 0 bridgehead atoms. The summed E-state index contributed by atoms with van der Waals surface area (Å²) in [7, 11) is -4.01. The summed E-state index contributed by atoms with van der Waals surface area (Å²) in [5.74, 6) is -1.04. The molecule has 2 rings (SSSR count). The van der Waals surface area contributed by atoms with E-state index in [4.69, 9.17) is 11.6 Å². The number of halogens is 2. The molecule has 0 aliphatic rings. The number of hydrogen-bond acceptors (Lipinski definition) is 3. The maximum atomic E-state index is 13.2. The number of benzene rings is 2. The molecule has 0 aromatic heterocycles. The predicted molar refractivity (Wildman–Crippen MR) is 75.1 cm³/mol. The fourth-order valence-electron chi connectivity index (χ4n) is 1.66. The number of sulfonamides is 1. The van der Waals surface area contributed by atoms with Crippen LogP contribution in [0.3, 0.4) is 0 Å². The average Bonchev–Trinajstić information content (AvgIpc) is 2.37. The Balaban J connectivity index is 2.46. The fraction of sp³-hybridized carbons (Fsp3) is 0.0769. The van der Waals surface area contributed by atoms with Crippen molar-refractivity contribution in [3.05, 3.63) is 52.8 Å². The lowest BCUT2D eigenvalue weighted by atomic mass is 10.2. The van der Waals surface area contributed by atoms with Crippen molar-refractivity contribution >= 4 is 27.3 Å². The summed E-state index contributed by atoms with van der Waals surface area (Å²) in [4.78, 5) is -0.197. The molecule has 2 aromatic rings. The number of hydrogen-bond donors (Lipinski definition) is 2. The minimum atomic E-state index is -4.01. The van der Waals surface area contributed by atoms with E-state index in [2.05, 4.69) is 4.72 Å². The number of anilines is 1. The molecule has 20 heavy (non-hydrogen) atoms. The Kier molecular flexibility index (Phi) is 3.87. The second kappa shape index (κ2) is 5.30. The summed E-state index contributed by atoms with van der Waals surface area (Å²) in [6.45, 7) is 1.55. The zero-order valence-corrected chi connectivity index (χ0v) is 12.0. The van der Waals surface area contributed by atoms with Crippen molar-refractivity contribution < 1.29 is 17.9 Å². The van der Waals surface area contributed by atoms with Crippen molar-refractivity contribution in [2.45, 2.75) is 11.8 Å². The maximum Gasteiger partial charge on any atom is 0.262 e. The van der Waals surface area contributed by atoms with Crippen LogP contribution in [-0.4, -0.2) is 13.5 Å². The van der Waals surface area contributed by atoms with E-state index >= 15 is 0 Å². The first kappa shape index (κ1) is 14.6. The highest BCUT2D eigenvalue weighted by molar-refractivity contribution is 7.92. The van der Waals surface area contributed by atoms with E-state index in [1.54, 1.807) is 6.92 Å². The molecule has 0 aliphatic heterocycles. The van der Waals surface area contributed by atoms with Gasteiger partial charge in [-0.25, -0.2) is 12.8 Å². The number of phenolic OH excluding ortho intramolecular Hbond substituents is 1. The molecule has 0 saturated carbocycles. The molecular weight excluding hydrogens is 305 g/mol. The number of rotatable bonds is 3. The summed E-state index contributed by atoms with van der Waals surface area (Å²) < 4.78 is 39.8. The summed E-state index contributed by atoms with van der Waals surface area (Å²) in [5, 5.41) is 9.71. The number of phenols is 1. The van der Waals surface area contributed by atoms with Gasteiger partial charge in [-0.2, -0.15) is 0 Å². The molecule has 0 heterocycles. The van der Waals surface area contributed by atoms with E-state index in [1.807, 2.05) is 0 Å². The standard InChI is InChI=1S/C13H11ClFNO3S/c1-8-5-6-9(15)7-12(8)20(18,19)16-11-4-2-3-10(14)13(11)17/h2-7,16-17H,1H3. The van der Waals surface area contributed by atoms with E-state index in [-0.39, 0.29) is 21.4 Å². The molecule has 0 aliphatic carbocycles. The van der Waals surface area contributed by atoms with E-state index in [0.29, 0.717) is 5.56 Å². The molecule has 4 nitrogen and oxygen atoms in total. The van der Waals surface area contributed by atoms with Crippen molar-refractivity contribution in [1.29, 1.82) is 0 Å². The van der Waals surface area contributed by atoms with E-state index in [9.17, 15) is 17.9 Å². The van der Waals surface area contributed by atoms with Crippen molar-refractivity contribution in [3.8, 4) is 5.75 Å². The highest BCUT2D eigenvalue weighted by Gasteiger charge is 2.19. The highest BCUT2D eigenvalue weighted by Crippen LogP contribution is 2.33. The van der Waals surface area contributed by atoms with Gasteiger partial charge in [0.2, 0.25) is 0 Å². The molecule has 0 spiro atoms. The zero-order valence-electron chi connectivity index (χ0n) is 10.4. The lowest BCUT2D eigenvalue weighted by molar-refractivity contribution is 0.478. The predicted octanol–water partition coefficient (Wildman–Crippen LogP) is 3.29. The van der Waals surface area contributed by atoms with Crippen molar-refractivity contribution in [1.82, 2.24) is 0 Å². The summed E-state index contributed by atoms with van der Waals surface area (Å²) in [5.41, 5.74) is 0.321. The molecule has 0 saturated heterocycles. The Morgan fingerprint density at radius 3 is 2.65 bits per heavy atom. The monoisotopic (exact) mass is 315 g/mol. The van der Waals surface area contributed by atoms with Gasteiger partial charge in [0, 0.05) is 0 Å². The van der Waals surface area contributed by atoms with Crippen molar-refractivity contribution in [2.75, 3.05) is 4.72 Å². The first-order valence-electron chi connectivity index (χ1n) is 5.58. The number of nitrogens with one attached hydrogen (secondary N) is 1. The summed E-state index contributed by atoms with van der Waals surface area (Å²) in [6.07, 6.45) is 0. The lowest BCUT2D eigenvalue weighted by Gasteiger charge is -2.12. The van der Waals surface area contributed by atoms with Gasteiger partial charge in [0.1, 0.15) is 5.82 Å². The zero-order chi connectivity index (χ0) is 14.9. The molecule has 7 heteroatoms. The third-order valence-electron chi connectivity index (χ3n) is 2.67. The van der Waals surface area contributed by atoms with Gasteiger partial charge in [-0.3, -0.25) is 4.72 Å². The Morgan fingerprint density at radius 2 is 1.95 bits per heavy atom. The molecular formula is C13H11ClFNO3S. The van der Waals surface area contributed by atoms with Crippen LogP contribution in [0, 0.1) is 12.7 Å². The summed E-state index contributed by atoms with van der Waals surface area (Å²) >= 11 is 5.70. The molecule has 0 atom stereocenters. The van der Waals surface area contributed by atoms with Crippen molar-refractivity contribution in [2.24, 2.45) is 0 Å². The van der Waals surface area contributed by atoms with Crippen LogP contribution >= 0.6 is 11.6 Å². The molecule has 0 radical (unpaired) electrons. The minimum Gasteiger partial charge on any atom is -0.504 e. The Morgan fingerprint density at radius 1 is 1.25 bits per heavy atom. The van der Waals surface area contributed by atoms with Gasteiger partial charge in [-0.1, -0.05) is 23.7 Å². The van der Waals surface area contributed by atoms with Gasteiger partial charge >= 0.3 is 0 Å². The van der Waals surface area contributed by atoms with Gasteiger partial charge in [0.15, 0.2) is 5.75 Å². The van der Waals surface area contributed by atoms with Crippen LogP contribution in [0.25, 0.3) is 0 Å². The van der Waals surface area contributed by atoms with Crippen LogP contribution < -0.4 is 4.72 Å². The Bertz CT molecular complexity index is 762. The molecule has 2 aromatic carbocycles. The van der Waals surface area contributed by atoms with Gasteiger partial charge < -0.3 is 5.11 Å². The fourth-order valence-corrected chi connectivity index (χ4v) is 3.16. The first-order valence-corrected chi connectivity index (χ1v) is 7.44. The minimum absolute atomic E-state index is 0.0150. The third kappa shape index (κ3) is 2.86. The quantitative estimate of drug-likeness (QED) is 0.854. The Hall–Kier alpha value is -1.79. The van der Waals surface area contributed by atoms with Crippen LogP contribution in [-0.2, 0) is 10.0 Å². The first-order chi connectivity index (χ1) is 9.31. The van der Waals surface area contributed by atoms with Crippen molar-refractivity contribution in [3.63, 3.8) is 0 Å². The Labute approximate surface area is 120 Å². The van der Waals surface area contributed by atoms with Crippen LogP contribution in [0.5, 0.6) is 5.75 Å². The molecule has 106 valence electrons. The topological polar surface area (TPSA) is 66.4 Å². The van der Waals surface area contributed by atoms with Crippen LogP contribution in [0.2, 0.25) is 5.02 Å². The van der Waals surface area contributed by atoms with Gasteiger partial charge in [-0.15, -0.1) is 0 Å². The third-order valence-corrected chi connectivity index (χ3v) is 4.48. The van der Waals surface area contributed by atoms with Crippen LogP contribution in [0.4, 0.5) is 10.1 Å². The van der Waals surface area contributed by atoms with Gasteiger partial charge in [0.25, 0.3) is 10.0 Å². The normalized spacial score (nSPS) is 11.3. The smallest absolute Gasteiger partial charge is 0.262 e. The SMILES string of the molecule is Cc1ccc(F)cc1S(=O)(=O)Nc1cccc(Cl)c1O. The highest BCUT2D eigenvalue weighted by atomic mass is 35.5. The van der Waals surface area contributed by atoms with Gasteiger partial charge in [0.05, 0.1) is 15.6 Å². The molecule has 0 unspecified atom stereocenters. The molecule has 0 fully saturated rings. The second-order valence-electron chi connectivity index (χ2n) is 4.15. The lowest BCUT2D eigenvalue weighted by Crippen LogP contribution is -2.14. The number of aryl methyl sites for hydroxylation is 1. The second-order valence-corrected chi connectivity index (χ2v) is 6.21. The number of para-hydroxylation sites is 1. The van der Waals surface area contributed by atoms with E-state index in [1.165, 1.54) is 30.3 Å². The average molecular weight is 316 g/mol. The van der Waals surface area contributed by atoms with Crippen LogP contribution in [0.15, 0.2) is 41.3 Å². The van der Waals surface area contributed by atoms with Crippen LogP contribution in [0.1, 0.15) is 5.56 Å². The summed E-state index contributed by atoms with van der Waals surface area (Å²) in [6, 6.07) is 7.71. The molecule has 0 amide bonds. The molecule has 2 N–H and O–H groups in total. The number of aromatic hydroxyl groups is 1. The van der Waals surface area contributed by atoms with Gasteiger partial charge in [-0.05, 0) is 36.8 Å². The van der Waals surface area contributed by atoms with E-state index in [0.717, 1.165) is 6.07 Å². The largest absolute Gasteiger partial charge is 0.504 e. The van der Waals surface area contributed by atoms with E-state index < -0.39 is 15.8 Å². The maximum absolute atomic E-state index is 13.2.